The molecule has 0 aliphatic carbocycles. The maximum Gasteiger partial charge on any atom is 0.358 e. The Balaban J connectivity index is 1.35. The second kappa shape index (κ2) is 12.8. The molecular weight excluding hydrogens is 544 g/mol. The van der Waals surface area contributed by atoms with Gasteiger partial charge in [0.25, 0.3) is 0 Å². The molecule has 1 aliphatic rings. The lowest BCUT2D eigenvalue weighted by Crippen LogP contribution is -2.56. The number of thiazole rings is 1. The van der Waals surface area contributed by atoms with E-state index >= 15 is 0 Å². The molecule has 0 spiro atoms. The summed E-state index contributed by atoms with van der Waals surface area (Å²) in [5, 5.41) is 20.9. The fourth-order valence-electron chi connectivity index (χ4n) is 4.65. The van der Waals surface area contributed by atoms with Crippen LogP contribution in [-0.2, 0) is 24.2 Å². The van der Waals surface area contributed by atoms with E-state index in [2.05, 4.69) is 92.1 Å². The van der Waals surface area contributed by atoms with Crippen molar-refractivity contribution in [2.45, 2.75) is 50.6 Å². The third-order valence-electron chi connectivity index (χ3n) is 6.89. The molecule has 0 radical (unpaired) electrons. The second-order valence-corrected chi connectivity index (χ2v) is 11.8. The van der Waals surface area contributed by atoms with Crippen LogP contribution in [0.15, 0.2) is 59.6 Å². The number of piperazine rings is 1. The van der Waals surface area contributed by atoms with Crippen molar-refractivity contribution in [3.63, 3.8) is 0 Å². The molecule has 4 aromatic rings. The van der Waals surface area contributed by atoms with E-state index in [1.807, 2.05) is 0 Å². The highest BCUT2D eigenvalue weighted by atomic mass is 32.2. The Morgan fingerprint density at radius 2 is 1.77 bits per heavy atom. The quantitative estimate of drug-likeness (QED) is 0.257. The van der Waals surface area contributed by atoms with Crippen molar-refractivity contribution in [1.82, 2.24) is 24.8 Å². The number of hydrogen-bond acceptors (Lipinski definition) is 9. The van der Waals surface area contributed by atoms with Crippen molar-refractivity contribution in [3.05, 3.63) is 77.1 Å². The highest BCUT2D eigenvalue weighted by Gasteiger charge is 2.34. The summed E-state index contributed by atoms with van der Waals surface area (Å²) in [5.41, 5.74) is 3.79. The predicted octanol–water partition coefficient (Wildman–Crippen LogP) is 4.81. The maximum atomic E-state index is 13.6. The Morgan fingerprint density at radius 1 is 1.05 bits per heavy atom. The van der Waals surface area contributed by atoms with E-state index in [-0.39, 0.29) is 11.6 Å². The lowest BCUT2D eigenvalue weighted by molar-refractivity contribution is -0.124. The molecule has 1 amide bonds. The number of carbonyl (C=O) groups is 2. The van der Waals surface area contributed by atoms with Crippen molar-refractivity contribution >= 4 is 50.5 Å². The fraction of sp³-hybridized carbons (Fsp3) is 0.345. The summed E-state index contributed by atoms with van der Waals surface area (Å²) in [6, 6.07) is 16.4. The number of carboxylic acids is 1. The first-order valence-electron chi connectivity index (χ1n) is 13.4. The van der Waals surface area contributed by atoms with Gasteiger partial charge in [0.2, 0.25) is 5.91 Å². The van der Waals surface area contributed by atoms with Crippen molar-refractivity contribution in [1.29, 1.82) is 0 Å². The lowest BCUT2D eigenvalue weighted by atomic mass is 10.1. The molecule has 9 nitrogen and oxygen atoms in total. The van der Waals surface area contributed by atoms with E-state index in [1.165, 1.54) is 28.7 Å². The van der Waals surface area contributed by atoms with E-state index in [9.17, 15) is 14.7 Å². The summed E-state index contributed by atoms with van der Waals surface area (Å²) in [4.78, 5) is 33.0. The number of nitrogens with one attached hydrogen (secondary N) is 1. The first-order valence-corrected chi connectivity index (χ1v) is 15.0. The Kier molecular flexibility index (Phi) is 8.93. The van der Waals surface area contributed by atoms with Gasteiger partial charge >= 0.3 is 5.97 Å². The molecule has 11 heteroatoms. The zero-order valence-corrected chi connectivity index (χ0v) is 24.2. The summed E-state index contributed by atoms with van der Waals surface area (Å²) < 4.78 is 2.79. The molecular formula is C29H32N6O3S2. The molecule has 1 fully saturated rings. The highest BCUT2D eigenvalue weighted by molar-refractivity contribution is 7.97. The fourth-order valence-corrected chi connectivity index (χ4v) is 6.61. The summed E-state index contributed by atoms with van der Waals surface area (Å²) in [5.74, 6) is -1.22. The van der Waals surface area contributed by atoms with E-state index in [4.69, 9.17) is 0 Å². The van der Waals surface area contributed by atoms with Gasteiger partial charge in [-0.25, -0.2) is 14.1 Å². The van der Waals surface area contributed by atoms with Gasteiger partial charge < -0.3 is 15.3 Å². The van der Waals surface area contributed by atoms with Crippen LogP contribution in [0.5, 0.6) is 0 Å². The zero-order valence-electron chi connectivity index (χ0n) is 22.5. The Morgan fingerprint density at radius 3 is 2.48 bits per heavy atom. The third kappa shape index (κ3) is 6.43. The summed E-state index contributed by atoms with van der Waals surface area (Å²) in [6.45, 7) is 6.44. The molecule has 5 rings (SSSR count). The summed E-state index contributed by atoms with van der Waals surface area (Å²) in [6.07, 6.45) is 4.65. The molecule has 1 saturated heterocycles. The first-order chi connectivity index (χ1) is 19.4. The van der Waals surface area contributed by atoms with E-state index in [0.29, 0.717) is 41.5 Å². The van der Waals surface area contributed by atoms with Crippen molar-refractivity contribution in [3.8, 4) is 0 Å². The molecule has 2 aromatic heterocycles. The zero-order chi connectivity index (χ0) is 28.1. The van der Waals surface area contributed by atoms with E-state index < -0.39 is 12.0 Å². The minimum atomic E-state index is -1.16. The number of carboxylic acid groups (broad SMARTS) is 1. The lowest BCUT2D eigenvalue weighted by Gasteiger charge is -2.39. The highest BCUT2D eigenvalue weighted by Crippen LogP contribution is 2.33. The molecule has 208 valence electrons. The smallest absolute Gasteiger partial charge is 0.358 e. The number of nitrogens with zero attached hydrogens (tertiary/aromatic N) is 5. The van der Waals surface area contributed by atoms with Crippen LogP contribution in [0.4, 0.5) is 5.13 Å². The van der Waals surface area contributed by atoms with Gasteiger partial charge in [-0.1, -0.05) is 68.0 Å². The topological polar surface area (TPSA) is 112 Å². The standard InChI is InChI=1S/C29H32N6O3S2/c1-3-5-20-6-8-21(9-7-20)16-30-27(36)23-18-34(14-15-35(23)40-22-12-10-19(4-2)11-13-22)29-32-25-24(39-29)17-31-33-26(25)28(37)38/h6-13,17,23H,3-5,14-16,18H2,1-2H3,(H,30,36)(H,37,38)/t23-/m1/s1. The molecule has 2 N–H and O–H groups in total. The third-order valence-corrected chi connectivity index (χ3v) is 9.09. The van der Waals surface area contributed by atoms with Crippen LogP contribution in [0, 0.1) is 0 Å². The molecule has 40 heavy (non-hydrogen) atoms. The van der Waals surface area contributed by atoms with Crippen molar-refractivity contribution in [2.24, 2.45) is 0 Å². The number of benzene rings is 2. The van der Waals surface area contributed by atoms with Crippen LogP contribution in [-0.4, -0.2) is 62.1 Å². The van der Waals surface area contributed by atoms with Crippen molar-refractivity contribution in [2.75, 3.05) is 24.5 Å². The Bertz CT molecular complexity index is 1480. The Labute approximate surface area is 241 Å². The Hall–Kier alpha value is -3.54. The number of aryl methyl sites for hydroxylation is 2. The van der Waals surface area contributed by atoms with E-state index in [0.717, 1.165) is 29.7 Å². The monoisotopic (exact) mass is 576 g/mol. The SMILES string of the molecule is CCCc1ccc(CNC(=O)[C@H]2CN(c3nc4c(C(=O)O)nncc4s3)CCN2Sc2ccc(CC)cc2)cc1. The number of hydrogen-bond donors (Lipinski definition) is 2. The van der Waals surface area contributed by atoms with Crippen LogP contribution < -0.4 is 10.2 Å². The molecule has 1 aliphatic heterocycles. The normalized spacial score (nSPS) is 15.8. The van der Waals surface area contributed by atoms with Gasteiger partial charge in [0.15, 0.2) is 10.8 Å². The number of anilines is 1. The first kappa shape index (κ1) is 28.0. The van der Waals surface area contributed by atoms with Gasteiger partial charge in [-0.15, -0.1) is 5.10 Å². The van der Waals surface area contributed by atoms with Crippen LogP contribution >= 0.6 is 23.3 Å². The van der Waals surface area contributed by atoms with E-state index in [1.54, 1.807) is 11.9 Å². The minimum Gasteiger partial charge on any atom is -0.476 e. The van der Waals surface area contributed by atoms with Gasteiger partial charge in [-0.3, -0.25) is 4.79 Å². The average molecular weight is 577 g/mol. The van der Waals surface area contributed by atoms with Crippen LogP contribution in [0.1, 0.15) is 47.4 Å². The number of carbonyl (C=O) groups excluding carboxylic acids is 1. The van der Waals surface area contributed by atoms with Gasteiger partial charge in [0, 0.05) is 31.1 Å². The minimum absolute atomic E-state index is 0.0596. The summed E-state index contributed by atoms with van der Waals surface area (Å²) >= 11 is 2.95. The number of fused-ring (bicyclic) bond motifs is 1. The van der Waals surface area contributed by atoms with Crippen LogP contribution in [0.25, 0.3) is 10.2 Å². The predicted molar refractivity (Wildman–Crippen MR) is 159 cm³/mol. The molecule has 0 saturated carbocycles. The van der Waals surface area contributed by atoms with Gasteiger partial charge in [0.1, 0.15) is 11.6 Å². The molecule has 0 unspecified atom stereocenters. The molecule has 0 bridgehead atoms. The average Bonchev–Trinajstić information content (AvgIpc) is 3.42. The molecule has 3 heterocycles. The maximum absolute atomic E-state index is 13.6. The van der Waals surface area contributed by atoms with Crippen LogP contribution in [0.2, 0.25) is 0 Å². The number of amides is 1. The molecule has 2 aromatic carbocycles. The number of rotatable bonds is 10. The van der Waals surface area contributed by atoms with Gasteiger partial charge in [0.05, 0.1) is 10.9 Å². The molecule has 1 atom stereocenters. The summed E-state index contributed by atoms with van der Waals surface area (Å²) in [7, 11) is 0. The second-order valence-electron chi connectivity index (χ2n) is 9.68. The largest absolute Gasteiger partial charge is 0.476 e. The van der Waals surface area contributed by atoms with Crippen molar-refractivity contribution < 1.29 is 14.7 Å². The number of aromatic carboxylic acids is 1. The van der Waals surface area contributed by atoms with Gasteiger partial charge in [-0.05, 0) is 53.6 Å². The number of aromatic nitrogens is 3. The van der Waals surface area contributed by atoms with Crippen LogP contribution in [0.3, 0.4) is 0 Å². The van der Waals surface area contributed by atoms with Gasteiger partial charge in [-0.2, -0.15) is 5.10 Å².